The summed E-state index contributed by atoms with van der Waals surface area (Å²) in [7, 11) is -3.83. The molecule has 0 aliphatic carbocycles. The van der Waals surface area contributed by atoms with E-state index >= 15 is 0 Å². The molecule has 1 atom stereocenters. The van der Waals surface area contributed by atoms with Crippen LogP contribution in [0.1, 0.15) is 22.2 Å². The van der Waals surface area contributed by atoms with Gasteiger partial charge in [0.15, 0.2) is 0 Å². The van der Waals surface area contributed by atoms with Gasteiger partial charge in [-0.1, -0.05) is 6.08 Å². The number of hydrogen-bond acceptors (Lipinski definition) is 4. The molecule has 0 aliphatic rings. The standard InChI is InChI=1S/C10H13NO4S2/c1-4-7(3)11-17(14,15)9-6(2)5-16-8(9)10(12)13/h4-5,7,11H,1H2,2-3H3,(H,12,13). The normalized spacial score (nSPS) is 13.3. The summed E-state index contributed by atoms with van der Waals surface area (Å²) in [5, 5.41) is 10.4. The highest BCUT2D eigenvalue weighted by atomic mass is 32.2. The lowest BCUT2D eigenvalue weighted by Crippen LogP contribution is -2.32. The van der Waals surface area contributed by atoms with E-state index in [1.807, 2.05) is 0 Å². The molecule has 0 aromatic carbocycles. The van der Waals surface area contributed by atoms with Gasteiger partial charge < -0.3 is 5.11 Å². The number of aromatic carboxylic acids is 1. The number of nitrogens with one attached hydrogen (secondary N) is 1. The Labute approximate surface area is 104 Å². The van der Waals surface area contributed by atoms with Crippen molar-refractivity contribution in [2.24, 2.45) is 0 Å². The molecule has 5 nitrogen and oxygen atoms in total. The molecule has 7 heteroatoms. The minimum absolute atomic E-state index is 0.163. The SMILES string of the molecule is C=CC(C)NS(=O)(=O)c1c(C)csc1C(=O)O. The zero-order valence-electron chi connectivity index (χ0n) is 9.43. The summed E-state index contributed by atoms with van der Waals surface area (Å²) in [5.74, 6) is -1.24. The van der Waals surface area contributed by atoms with E-state index in [1.165, 1.54) is 11.5 Å². The molecule has 0 fully saturated rings. The van der Waals surface area contributed by atoms with Crippen LogP contribution in [0.3, 0.4) is 0 Å². The van der Waals surface area contributed by atoms with E-state index in [9.17, 15) is 13.2 Å². The Kier molecular flexibility index (Phi) is 4.07. The fraction of sp³-hybridized carbons (Fsp3) is 0.300. The van der Waals surface area contributed by atoms with Gasteiger partial charge in [-0.05, 0) is 24.8 Å². The first-order chi connectivity index (χ1) is 7.79. The van der Waals surface area contributed by atoms with Crippen molar-refractivity contribution in [2.45, 2.75) is 24.8 Å². The summed E-state index contributed by atoms with van der Waals surface area (Å²) in [6.07, 6.45) is 1.43. The summed E-state index contributed by atoms with van der Waals surface area (Å²) in [6.45, 7) is 6.65. The molecule has 1 aromatic rings. The van der Waals surface area contributed by atoms with E-state index in [4.69, 9.17) is 5.11 Å². The number of aryl methyl sites for hydroxylation is 1. The quantitative estimate of drug-likeness (QED) is 0.800. The van der Waals surface area contributed by atoms with Crippen molar-refractivity contribution in [3.8, 4) is 0 Å². The predicted octanol–water partition coefficient (Wildman–Crippen LogP) is 1.61. The molecule has 2 N–H and O–H groups in total. The van der Waals surface area contributed by atoms with E-state index in [0.717, 1.165) is 11.3 Å². The average molecular weight is 275 g/mol. The Morgan fingerprint density at radius 3 is 2.71 bits per heavy atom. The third kappa shape index (κ3) is 2.93. The highest BCUT2D eigenvalue weighted by Crippen LogP contribution is 2.26. The number of carboxylic acid groups (broad SMARTS) is 1. The van der Waals surface area contributed by atoms with E-state index in [1.54, 1.807) is 13.8 Å². The molecule has 0 radical (unpaired) electrons. The molecule has 1 aromatic heterocycles. The Morgan fingerprint density at radius 1 is 1.65 bits per heavy atom. The monoisotopic (exact) mass is 275 g/mol. The van der Waals surface area contributed by atoms with Crippen molar-refractivity contribution in [3.05, 3.63) is 28.5 Å². The summed E-state index contributed by atoms with van der Waals surface area (Å²) in [4.78, 5) is 10.6. The van der Waals surface area contributed by atoms with Crippen molar-refractivity contribution in [3.63, 3.8) is 0 Å². The Bertz CT molecular complexity index is 545. The van der Waals surface area contributed by atoms with Crippen LogP contribution in [-0.2, 0) is 10.0 Å². The van der Waals surface area contributed by atoms with Gasteiger partial charge in [-0.3, -0.25) is 0 Å². The van der Waals surface area contributed by atoms with Gasteiger partial charge in [0.25, 0.3) is 0 Å². The summed E-state index contributed by atoms with van der Waals surface area (Å²) in [6, 6.07) is -0.457. The molecule has 17 heavy (non-hydrogen) atoms. The van der Waals surface area contributed by atoms with Crippen LogP contribution < -0.4 is 4.72 Å². The zero-order valence-corrected chi connectivity index (χ0v) is 11.1. The molecule has 1 rings (SSSR count). The molecule has 1 unspecified atom stereocenters. The largest absolute Gasteiger partial charge is 0.477 e. The maximum Gasteiger partial charge on any atom is 0.347 e. The number of sulfonamides is 1. The van der Waals surface area contributed by atoms with Gasteiger partial charge in [0.1, 0.15) is 9.77 Å². The number of carbonyl (C=O) groups is 1. The second-order valence-electron chi connectivity index (χ2n) is 3.53. The average Bonchev–Trinajstić information content (AvgIpc) is 2.60. The first kappa shape index (κ1) is 13.9. The van der Waals surface area contributed by atoms with Crippen molar-refractivity contribution >= 4 is 27.3 Å². The minimum atomic E-state index is -3.83. The fourth-order valence-corrected chi connectivity index (χ4v) is 4.11. The molecule has 1 heterocycles. The lowest BCUT2D eigenvalue weighted by Gasteiger charge is -2.10. The topological polar surface area (TPSA) is 83.5 Å². The number of carboxylic acids is 1. The second kappa shape index (κ2) is 4.99. The van der Waals surface area contributed by atoms with Gasteiger partial charge in [0.2, 0.25) is 10.0 Å². The van der Waals surface area contributed by atoms with E-state index in [-0.39, 0.29) is 9.77 Å². The van der Waals surface area contributed by atoms with Gasteiger partial charge in [-0.15, -0.1) is 17.9 Å². The molecule has 0 saturated carbocycles. The van der Waals surface area contributed by atoms with Crippen molar-refractivity contribution in [1.29, 1.82) is 0 Å². The van der Waals surface area contributed by atoms with Crippen LogP contribution in [0.4, 0.5) is 0 Å². The molecule has 0 saturated heterocycles. The predicted molar refractivity (Wildman–Crippen MR) is 66.0 cm³/mol. The van der Waals surface area contributed by atoms with Gasteiger partial charge in [0.05, 0.1) is 0 Å². The lowest BCUT2D eigenvalue weighted by molar-refractivity contribution is 0.0698. The maximum atomic E-state index is 12.0. The highest BCUT2D eigenvalue weighted by molar-refractivity contribution is 7.89. The number of hydrogen-bond donors (Lipinski definition) is 2. The van der Waals surface area contributed by atoms with Crippen LogP contribution in [0, 0.1) is 6.92 Å². The molecular weight excluding hydrogens is 262 g/mol. The summed E-state index contributed by atoms with van der Waals surface area (Å²) in [5.41, 5.74) is 0.427. The van der Waals surface area contributed by atoms with E-state index in [2.05, 4.69) is 11.3 Å². The summed E-state index contributed by atoms with van der Waals surface area (Å²) < 4.78 is 26.3. The third-order valence-electron chi connectivity index (χ3n) is 2.08. The van der Waals surface area contributed by atoms with Gasteiger partial charge in [-0.25, -0.2) is 17.9 Å². The van der Waals surface area contributed by atoms with Crippen molar-refractivity contribution < 1.29 is 18.3 Å². The van der Waals surface area contributed by atoms with Crippen LogP contribution in [0.15, 0.2) is 22.9 Å². The fourth-order valence-electron chi connectivity index (χ4n) is 1.27. The first-order valence-corrected chi connectivity index (χ1v) is 7.12. The van der Waals surface area contributed by atoms with Crippen LogP contribution in [0.2, 0.25) is 0 Å². The Balaban J connectivity index is 3.28. The van der Waals surface area contributed by atoms with Crippen LogP contribution in [-0.4, -0.2) is 25.5 Å². The third-order valence-corrected chi connectivity index (χ3v) is 5.04. The van der Waals surface area contributed by atoms with Crippen LogP contribution in [0.5, 0.6) is 0 Å². The smallest absolute Gasteiger partial charge is 0.347 e. The molecule has 0 aliphatic heterocycles. The second-order valence-corrected chi connectivity index (χ2v) is 6.06. The minimum Gasteiger partial charge on any atom is -0.477 e. The van der Waals surface area contributed by atoms with Crippen molar-refractivity contribution in [1.82, 2.24) is 4.72 Å². The Hall–Kier alpha value is -1.18. The molecule has 0 bridgehead atoms. The Morgan fingerprint density at radius 2 is 2.24 bits per heavy atom. The van der Waals surface area contributed by atoms with Gasteiger partial charge in [-0.2, -0.15) is 0 Å². The van der Waals surface area contributed by atoms with Crippen LogP contribution >= 0.6 is 11.3 Å². The molecular formula is C10H13NO4S2. The van der Waals surface area contributed by atoms with E-state index < -0.39 is 22.0 Å². The first-order valence-electron chi connectivity index (χ1n) is 4.76. The highest BCUT2D eigenvalue weighted by Gasteiger charge is 2.27. The van der Waals surface area contributed by atoms with Gasteiger partial charge in [0, 0.05) is 6.04 Å². The van der Waals surface area contributed by atoms with E-state index in [0.29, 0.717) is 5.56 Å². The maximum absolute atomic E-state index is 12.0. The molecule has 0 spiro atoms. The molecule has 0 amide bonds. The lowest BCUT2D eigenvalue weighted by atomic mass is 10.3. The van der Waals surface area contributed by atoms with Crippen molar-refractivity contribution in [2.75, 3.05) is 0 Å². The number of rotatable bonds is 5. The van der Waals surface area contributed by atoms with Crippen LogP contribution in [0.25, 0.3) is 0 Å². The van der Waals surface area contributed by atoms with Gasteiger partial charge >= 0.3 is 5.97 Å². The number of thiophene rings is 1. The molecule has 94 valence electrons. The zero-order chi connectivity index (χ0) is 13.2. The summed E-state index contributed by atoms with van der Waals surface area (Å²) >= 11 is 0.901.